The summed E-state index contributed by atoms with van der Waals surface area (Å²) >= 11 is 0. The van der Waals surface area contributed by atoms with E-state index >= 15 is 0 Å². The number of urea groups is 1. The van der Waals surface area contributed by atoms with E-state index < -0.39 is 5.97 Å². The van der Waals surface area contributed by atoms with Crippen molar-refractivity contribution < 1.29 is 14.7 Å². The Labute approximate surface area is 157 Å². The minimum Gasteiger partial charge on any atom is -0.481 e. The molecule has 3 aromatic rings. The first-order valence-corrected chi connectivity index (χ1v) is 9.38. The van der Waals surface area contributed by atoms with Gasteiger partial charge in [-0.25, -0.2) is 4.79 Å². The summed E-state index contributed by atoms with van der Waals surface area (Å²) in [5, 5.41) is 14.4. The second kappa shape index (κ2) is 6.95. The fraction of sp³-hybridized carbons (Fsp3) is 0.333. The number of piperidine rings is 1. The number of amides is 2. The predicted octanol–water partition coefficient (Wildman–Crippen LogP) is 4.14. The van der Waals surface area contributed by atoms with Crippen molar-refractivity contribution in [3.05, 3.63) is 42.5 Å². The molecule has 0 spiro atoms. The molecule has 2 amide bonds. The van der Waals surface area contributed by atoms with Crippen LogP contribution in [0.3, 0.4) is 0 Å². The average Bonchev–Trinajstić information content (AvgIpc) is 3.01. The number of aromatic nitrogens is 1. The third-order valence-corrected chi connectivity index (χ3v) is 5.47. The SMILES string of the molecule is CCn1c2ccccc2c2cc(NC(=O)N3CCC(C(=O)O)CC3)ccc21. The molecule has 140 valence electrons. The quantitative estimate of drug-likeness (QED) is 0.732. The topological polar surface area (TPSA) is 74.6 Å². The van der Waals surface area contributed by atoms with Crippen molar-refractivity contribution in [1.82, 2.24) is 9.47 Å². The summed E-state index contributed by atoms with van der Waals surface area (Å²) < 4.78 is 2.27. The maximum absolute atomic E-state index is 12.6. The minimum absolute atomic E-state index is 0.169. The third-order valence-electron chi connectivity index (χ3n) is 5.47. The highest BCUT2D eigenvalue weighted by atomic mass is 16.4. The molecule has 1 fully saturated rings. The Hall–Kier alpha value is -3.02. The van der Waals surface area contributed by atoms with Crippen LogP contribution in [0.25, 0.3) is 21.8 Å². The zero-order valence-electron chi connectivity index (χ0n) is 15.3. The summed E-state index contributed by atoms with van der Waals surface area (Å²) in [6.07, 6.45) is 1.01. The third kappa shape index (κ3) is 3.12. The van der Waals surface area contributed by atoms with E-state index in [4.69, 9.17) is 5.11 Å². The average molecular weight is 365 g/mol. The molecule has 0 unspecified atom stereocenters. The van der Waals surface area contributed by atoms with Gasteiger partial charge in [-0.3, -0.25) is 4.79 Å². The maximum atomic E-state index is 12.6. The summed E-state index contributed by atoms with van der Waals surface area (Å²) in [5.74, 6) is -1.11. The molecule has 1 aliphatic heterocycles. The van der Waals surface area contributed by atoms with Gasteiger partial charge in [0.15, 0.2) is 0 Å². The number of carboxylic acid groups (broad SMARTS) is 1. The number of likely N-dealkylation sites (tertiary alicyclic amines) is 1. The number of aliphatic carboxylic acids is 1. The Morgan fingerprint density at radius 2 is 1.78 bits per heavy atom. The van der Waals surface area contributed by atoms with E-state index in [1.165, 1.54) is 10.9 Å². The van der Waals surface area contributed by atoms with E-state index in [0.717, 1.165) is 23.1 Å². The molecule has 6 nitrogen and oxygen atoms in total. The first kappa shape index (κ1) is 17.4. The van der Waals surface area contributed by atoms with E-state index in [-0.39, 0.29) is 11.9 Å². The monoisotopic (exact) mass is 365 g/mol. The highest BCUT2D eigenvalue weighted by Crippen LogP contribution is 2.31. The van der Waals surface area contributed by atoms with Gasteiger partial charge in [0.1, 0.15) is 0 Å². The number of hydrogen-bond donors (Lipinski definition) is 2. The molecule has 0 aliphatic carbocycles. The highest BCUT2D eigenvalue weighted by Gasteiger charge is 2.27. The van der Waals surface area contributed by atoms with Crippen LogP contribution in [0.15, 0.2) is 42.5 Å². The van der Waals surface area contributed by atoms with Crippen molar-refractivity contribution in [2.75, 3.05) is 18.4 Å². The smallest absolute Gasteiger partial charge is 0.321 e. The van der Waals surface area contributed by atoms with Gasteiger partial charge in [-0.2, -0.15) is 0 Å². The lowest BCUT2D eigenvalue weighted by molar-refractivity contribution is -0.143. The van der Waals surface area contributed by atoms with Gasteiger partial charge in [-0.05, 0) is 44.0 Å². The van der Waals surface area contributed by atoms with E-state index in [9.17, 15) is 9.59 Å². The molecule has 0 saturated carbocycles. The van der Waals surface area contributed by atoms with Crippen LogP contribution < -0.4 is 5.32 Å². The first-order chi connectivity index (χ1) is 13.1. The van der Waals surface area contributed by atoms with Gasteiger partial charge in [0.05, 0.1) is 5.92 Å². The van der Waals surface area contributed by atoms with Crippen LogP contribution in [-0.4, -0.2) is 39.7 Å². The summed E-state index contributed by atoms with van der Waals surface area (Å²) in [6, 6.07) is 14.1. The Kier molecular flexibility index (Phi) is 4.48. The molecule has 0 bridgehead atoms. The largest absolute Gasteiger partial charge is 0.481 e. The van der Waals surface area contributed by atoms with E-state index in [0.29, 0.717) is 25.9 Å². The molecule has 1 aromatic heterocycles. The van der Waals surface area contributed by atoms with E-state index in [2.05, 4.69) is 28.9 Å². The van der Waals surface area contributed by atoms with Crippen LogP contribution >= 0.6 is 0 Å². The van der Waals surface area contributed by atoms with E-state index in [1.807, 2.05) is 30.3 Å². The second-order valence-corrected chi connectivity index (χ2v) is 7.02. The zero-order chi connectivity index (χ0) is 19.0. The lowest BCUT2D eigenvalue weighted by Gasteiger charge is -2.30. The van der Waals surface area contributed by atoms with Gasteiger partial charge in [0, 0.05) is 47.1 Å². The lowest BCUT2D eigenvalue weighted by Crippen LogP contribution is -2.42. The first-order valence-electron chi connectivity index (χ1n) is 9.38. The fourth-order valence-corrected chi connectivity index (χ4v) is 4.00. The van der Waals surface area contributed by atoms with Gasteiger partial charge in [-0.1, -0.05) is 18.2 Å². The van der Waals surface area contributed by atoms with Crippen LogP contribution in [0, 0.1) is 5.92 Å². The molecule has 2 N–H and O–H groups in total. The number of para-hydroxylation sites is 1. The number of anilines is 1. The summed E-state index contributed by atoms with van der Waals surface area (Å²) in [4.78, 5) is 25.3. The molecule has 0 atom stereocenters. The molecular formula is C21H23N3O3. The van der Waals surface area contributed by atoms with Crippen molar-refractivity contribution in [2.24, 2.45) is 5.92 Å². The second-order valence-electron chi connectivity index (χ2n) is 7.02. The predicted molar refractivity (Wildman–Crippen MR) is 106 cm³/mol. The Morgan fingerprint density at radius 1 is 1.07 bits per heavy atom. The standard InChI is InChI=1S/C21H23N3O3/c1-2-24-18-6-4-3-5-16(18)17-13-15(7-8-19(17)24)22-21(27)23-11-9-14(10-12-23)20(25)26/h3-8,13-14H,2,9-12H2,1H3,(H,22,27)(H,25,26). The van der Waals surface area contributed by atoms with Gasteiger partial charge < -0.3 is 19.9 Å². The van der Waals surface area contributed by atoms with Crippen molar-refractivity contribution in [1.29, 1.82) is 0 Å². The van der Waals surface area contributed by atoms with Crippen molar-refractivity contribution in [3.8, 4) is 0 Å². The van der Waals surface area contributed by atoms with Gasteiger partial charge in [0.25, 0.3) is 0 Å². The number of aryl methyl sites for hydroxylation is 1. The lowest BCUT2D eigenvalue weighted by atomic mass is 9.97. The fourth-order valence-electron chi connectivity index (χ4n) is 4.00. The Morgan fingerprint density at radius 3 is 2.48 bits per heavy atom. The molecule has 27 heavy (non-hydrogen) atoms. The van der Waals surface area contributed by atoms with Gasteiger partial charge in [-0.15, -0.1) is 0 Å². The molecule has 6 heteroatoms. The number of carbonyl (C=O) groups is 2. The zero-order valence-corrected chi connectivity index (χ0v) is 15.3. The number of carboxylic acids is 1. The van der Waals surface area contributed by atoms with Crippen molar-refractivity contribution in [3.63, 3.8) is 0 Å². The molecule has 4 rings (SSSR count). The van der Waals surface area contributed by atoms with Crippen LogP contribution in [-0.2, 0) is 11.3 Å². The number of hydrogen-bond acceptors (Lipinski definition) is 2. The summed E-state index contributed by atoms with van der Waals surface area (Å²) in [6.45, 7) is 3.96. The number of benzene rings is 2. The Bertz CT molecular complexity index is 1020. The van der Waals surface area contributed by atoms with Crippen molar-refractivity contribution in [2.45, 2.75) is 26.3 Å². The summed E-state index contributed by atoms with van der Waals surface area (Å²) in [7, 11) is 0. The molecule has 0 radical (unpaired) electrons. The van der Waals surface area contributed by atoms with Gasteiger partial charge >= 0.3 is 12.0 Å². The molecule has 2 heterocycles. The highest BCUT2D eigenvalue weighted by molar-refractivity contribution is 6.09. The number of nitrogens with one attached hydrogen (secondary N) is 1. The molecule has 2 aromatic carbocycles. The van der Waals surface area contributed by atoms with Crippen LogP contribution in [0.1, 0.15) is 19.8 Å². The molecular weight excluding hydrogens is 342 g/mol. The molecule has 1 saturated heterocycles. The minimum atomic E-state index is -0.771. The number of carbonyl (C=O) groups excluding carboxylic acids is 1. The normalized spacial score (nSPS) is 15.4. The van der Waals surface area contributed by atoms with Crippen LogP contribution in [0.2, 0.25) is 0 Å². The van der Waals surface area contributed by atoms with Crippen LogP contribution in [0.5, 0.6) is 0 Å². The molecule has 1 aliphatic rings. The maximum Gasteiger partial charge on any atom is 0.321 e. The van der Waals surface area contributed by atoms with E-state index in [1.54, 1.807) is 4.90 Å². The van der Waals surface area contributed by atoms with Gasteiger partial charge in [0.2, 0.25) is 0 Å². The summed E-state index contributed by atoms with van der Waals surface area (Å²) in [5.41, 5.74) is 3.10. The number of nitrogens with zero attached hydrogens (tertiary/aromatic N) is 2. The van der Waals surface area contributed by atoms with Crippen molar-refractivity contribution >= 4 is 39.5 Å². The number of rotatable bonds is 3. The number of fused-ring (bicyclic) bond motifs is 3. The van der Waals surface area contributed by atoms with Crippen LogP contribution in [0.4, 0.5) is 10.5 Å². The Balaban J connectivity index is 1.57.